The number of hydrogen-bond donors (Lipinski definition) is 0. The van der Waals surface area contributed by atoms with Crippen LogP contribution in [0.15, 0.2) is 34.9 Å². The van der Waals surface area contributed by atoms with Gasteiger partial charge in [0.1, 0.15) is 12.0 Å². The number of nitrogens with zero attached hydrogens (tertiary/aromatic N) is 3. The molecule has 0 unspecified atom stereocenters. The summed E-state index contributed by atoms with van der Waals surface area (Å²) in [4.78, 5) is 33.7. The van der Waals surface area contributed by atoms with E-state index in [2.05, 4.69) is 42.8 Å². The van der Waals surface area contributed by atoms with Gasteiger partial charge in [0.05, 0.1) is 25.7 Å². The van der Waals surface area contributed by atoms with E-state index < -0.39 is 0 Å². The number of benzene rings is 1. The highest BCUT2D eigenvalue weighted by Gasteiger charge is 2.31. The maximum absolute atomic E-state index is 13.1. The van der Waals surface area contributed by atoms with Crippen LogP contribution in [0.4, 0.5) is 0 Å². The van der Waals surface area contributed by atoms with Crippen molar-refractivity contribution in [3.05, 3.63) is 47.7 Å². The lowest BCUT2D eigenvalue weighted by Gasteiger charge is -2.31. The van der Waals surface area contributed by atoms with Crippen molar-refractivity contribution >= 4 is 11.9 Å². The van der Waals surface area contributed by atoms with Crippen LogP contribution in [-0.2, 0) is 22.6 Å². The van der Waals surface area contributed by atoms with Crippen molar-refractivity contribution in [1.82, 2.24) is 14.8 Å². The van der Waals surface area contributed by atoms with Gasteiger partial charge in [0.15, 0.2) is 5.69 Å². The summed E-state index contributed by atoms with van der Waals surface area (Å²) in [7, 11) is 0. The molecular formula is C27H39N3O5. The van der Waals surface area contributed by atoms with Gasteiger partial charge in [0.25, 0.3) is 5.91 Å². The van der Waals surface area contributed by atoms with Gasteiger partial charge in [-0.25, -0.2) is 4.98 Å². The molecule has 1 aromatic heterocycles. The van der Waals surface area contributed by atoms with Crippen LogP contribution >= 0.6 is 0 Å². The molecule has 0 N–H and O–H groups in total. The van der Waals surface area contributed by atoms with Crippen LogP contribution in [0, 0.1) is 11.8 Å². The van der Waals surface area contributed by atoms with Crippen molar-refractivity contribution < 1.29 is 23.5 Å². The molecule has 1 fully saturated rings. The fourth-order valence-electron chi connectivity index (χ4n) is 4.29. The molecule has 3 rings (SSSR count). The molecule has 0 radical (unpaired) electrons. The van der Waals surface area contributed by atoms with E-state index >= 15 is 0 Å². The van der Waals surface area contributed by atoms with E-state index in [0.29, 0.717) is 44.7 Å². The number of piperidine rings is 1. The summed E-state index contributed by atoms with van der Waals surface area (Å²) in [6.07, 6.45) is 2.93. The third kappa shape index (κ3) is 7.31. The van der Waals surface area contributed by atoms with Crippen molar-refractivity contribution in [3.63, 3.8) is 0 Å². The molecule has 1 aliphatic rings. The maximum atomic E-state index is 13.1. The Bertz CT molecular complexity index is 956. The molecule has 0 aliphatic carbocycles. The molecule has 35 heavy (non-hydrogen) atoms. The Morgan fingerprint density at radius 1 is 1.14 bits per heavy atom. The number of amides is 1. The van der Waals surface area contributed by atoms with E-state index in [0.717, 1.165) is 25.1 Å². The largest absolute Gasteiger partial charge is 0.494 e. The normalized spacial score (nSPS) is 17.0. The lowest BCUT2D eigenvalue weighted by atomic mass is 9.98. The summed E-state index contributed by atoms with van der Waals surface area (Å²) in [6.45, 7) is 13.5. The van der Waals surface area contributed by atoms with Crippen molar-refractivity contribution in [3.8, 4) is 5.75 Å². The molecule has 0 spiro atoms. The summed E-state index contributed by atoms with van der Waals surface area (Å²) in [5.74, 6) is 1.07. The van der Waals surface area contributed by atoms with Crippen LogP contribution in [-0.4, -0.2) is 59.0 Å². The third-order valence-corrected chi connectivity index (χ3v) is 6.60. The molecule has 1 aromatic carbocycles. The minimum Gasteiger partial charge on any atom is -0.494 e. The Kier molecular flexibility index (Phi) is 9.72. The van der Waals surface area contributed by atoms with Gasteiger partial charge in [0.2, 0.25) is 5.89 Å². The fourth-order valence-corrected chi connectivity index (χ4v) is 4.29. The average Bonchev–Trinajstić information content (AvgIpc) is 3.32. The van der Waals surface area contributed by atoms with Crippen molar-refractivity contribution in [2.75, 3.05) is 26.3 Å². The quantitative estimate of drug-likeness (QED) is 0.432. The predicted octanol–water partition coefficient (Wildman–Crippen LogP) is 4.54. The smallest absolute Gasteiger partial charge is 0.310 e. The second kappa shape index (κ2) is 12.7. The Morgan fingerprint density at radius 3 is 2.54 bits per heavy atom. The Labute approximate surface area is 208 Å². The number of aromatic nitrogens is 1. The number of carbonyl (C=O) groups is 2. The number of carbonyl (C=O) groups excluding carboxylic acids is 2. The Balaban J connectivity index is 1.67. The summed E-state index contributed by atoms with van der Waals surface area (Å²) in [5.41, 5.74) is 1.45. The van der Waals surface area contributed by atoms with Crippen LogP contribution in [0.5, 0.6) is 5.75 Å². The summed E-state index contributed by atoms with van der Waals surface area (Å²) >= 11 is 0. The number of likely N-dealkylation sites (tertiary alicyclic amines) is 1. The van der Waals surface area contributed by atoms with Gasteiger partial charge in [-0.15, -0.1) is 0 Å². The zero-order chi connectivity index (χ0) is 25.4. The van der Waals surface area contributed by atoms with E-state index in [1.54, 1.807) is 11.8 Å². The Hall–Kier alpha value is -2.87. The van der Waals surface area contributed by atoms with E-state index in [4.69, 9.17) is 13.9 Å². The molecule has 2 heterocycles. The molecule has 1 aliphatic heterocycles. The van der Waals surface area contributed by atoms with Crippen molar-refractivity contribution in [2.24, 2.45) is 11.8 Å². The molecular weight excluding hydrogens is 446 g/mol. The van der Waals surface area contributed by atoms with Gasteiger partial charge in [-0.05, 0) is 57.2 Å². The summed E-state index contributed by atoms with van der Waals surface area (Å²) < 4.78 is 16.4. The first-order valence-corrected chi connectivity index (χ1v) is 12.7. The van der Waals surface area contributed by atoms with E-state index in [9.17, 15) is 9.59 Å². The Morgan fingerprint density at radius 2 is 1.89 bits per heavy atom. The number of rotatable bonds is 11. The van der Waals surface area contributed by atoms with E-state index in [1.165, 1.54) is 11.8 Å². The SMILES string of the molecule is CCOC(=O)[C@H]1CCCN(C(=O)c2coc(CN(Cc3ccc(OCC)cc3)[C@H](C)C(C)C)n2)C1. The van der Waals surface area contributed by atoms with Crippen LogP contribution < -0.4 is 4.74 Å². The van der Waals surface area contributed by atoms with Crippen LogP contribution in [0.1, 0.15) is 69.4 Å². The molecule has 8 nitrogen and oxygen atoms in total. The predicted molar refractivity (Wildman–Crippen MR) is 133 cm³/mol. The fraction of sp³-hybridized carbons (Fsp3) is 0.593. The van der Waals surface area contributed by atoms with Crippen LogP contribution in [0.25, 0.3) is 0 Å². The highest BCUT2D eigenvalue weighted by molar-refractivity contribution is 5.92. The van der Waals surface area contributed by atoms with Gasteiger partial charge in [-0.2, -0.15) is 0 Å². The number of ether oxygens (including phenoxy) is 2. The third-order valence-electron chi connectivity index (χ3n) is 6.60. The number of oxazole rings is 1. The number of hydrogen-bond acceptors (Lipinski definition) is 7. The van der Waals surface area contributed by atoms with Crippen LogP contribution in [0.2, 0.25) is 0 Å². The monoisotopic (exact) mass is 485 g/mol. The van der Waals surface area contributed by atoms with Crippen molar-refractivity contribution in [1.29, 1.82) is 0 Å². The molecule has 1 amide bonds. The first-order chi connectivity index (χ1) is 16.8. The minimum atomic E-state index is -0.282. The zero-order valence-electron chi connectivity index (χ0n) is 21.7. The topological polar surface area (TPSA) is 85.1 Å². The second-order valence-electron chi connectivity index (χ2n) is 9.44. The number of esters is 1. The van der Waals surface area contributed by atoms with E-state index in [1.807, 2.05) is 19.1 Å². The summed E-state index contributed by atoms with van der Waals surface area (Å²) in [5, 5.41) is 0. The van der Waals surface area contributed by atoms with Gasteiger partial charge >= 0.3 is 5.97 Å². The standard InChI is InChI=1S/C27H39N3O5/c1-6-33-23-12-10-21(11-13-23)15-30(20(5)19(3)4)17-25-28-24(18-35-25)26(31)29-14-8-9-22(16-29)27(32)34-7-2/h10-13,18-20,22H,6-9,14-17H2,1-5H3/t20-,22+/m1/s1. The first-order valence-electron chi connectivity index (χ1n) is 12.7. The van der Waals surface area contributed by atoms with Gasteiger partial charge in [-0.3, -0.25) is 14.5 Å². The lowest BCUT2D eigenvalue weighted by Crippen LogP contribution is -2.43. The highest BCUT2D eigenvalue weighted by Crippen LogP contribution is 2.22. The van der Waals surface area contributed by atoms with Gasteiger partial charge in [0, 0.05) is 25.7 Å². The highest BCUT2D eigenvalue weighted by atomic mass is 16.5. The van der Waals surface area contributed by atoms with Gasteiger partial charge < -0.3 is 18.8 Å². The van der Waals surface area contributed by atoms with Crippen LogP contribution in [0.3, 0.4) is 0 Å². The molecule has 2 aromatic rings. The maximum Gasteiger partial charge on any atom is 0.310 e. The minimum absolute atomic E-state index is 0.205. The zero-order valence-corrected chi connectivity index (χ0v) is 21.7. The molecule has 192 valence electrons. The first kappa shape index (κ1) is 26.7. The molecule has 0 bridgehead atoms. The summed E-state index contributed by atoms with van der Waals surface area (Å²) in [6, 6.07) is 8.40. The van der Waals surface area contributed by atoms with Gasteiger partial charge in [-0.1, -0.05) is 26.0 Å². The molecule has 1 saturated heterocycles. The molecule has 2 atom stereocenters. The van der Waals surface area contributed by atoms with E-state index in [-0.39, 0.29) is 29.5 Å². The lowest BCUT2D eigenvalue weighted by molar-refractivity contribution is -0.149. The second-order valence-corrected chi connectivity index (χ2v) is 9.44. The molecule has 8 heteroatoms. The van der Waals surface area contributed by atoms with Crippen molar-refractivity contribution in [2.45, 2.75) is 66.6 Å². The molecule has 0 saturated carbocycles. The average molecular weight is 486 g/mol.